The van der Waals surface area contributed by atoms with Crippen molar-refractivity contribution < 1.29 is 0 Å². The van der Waals surface area contributed by atoms with Gasteiger partial charge in [-0.1, -0.05) is 26.0 Å². The molecular formula is C10H19N. The molecule has 64 valence electrons. The van der Waals surface area contributed by atoms with E-state index in [1.54, 1.807) is 0 Å². The maximum absolute atomic E-state index is 4.15. The molecule has 1 saturated heterocycles. The summed E-state index contributed by atoms with van der Waals surface area (Å²) in [6.45, 7) is 11.0. The van der Waals surface area contributed by atoms with Crippen molar-refractivity contribution in [1.29, 1.82) is 0 Å². The Hall–Kier alpha value is -0.300. The Morgan fingerprint density at radius 1 is 1.36 bits per heavy atom. The first-order chi connectivity index (χ1) is 5.22. The lowest BCUT2D eigenvalue weighted by Gasteiger charge is -2.26. The summed E-state index contributed by atoms with van der Waals surface area (Å²) in [6, 6.07) is 0. The van der Waals surface area contributed by atoms with Crippen LogP contribution in [-0.4, -0.2) is 13.1 Å². The van der Waals surface area contributed by atoms with Crippen LogP contribution in [0.1, 0.15) is 26.7 Å². The van der Waals surface area contributed by atoms with Crippen molar-refractivity contribution in [2.24, 2.45) is 11.8 Å². The van der Waals surface area contributed by atoms with Crippen LogP contribution in [0, 0.1) is 11.8 Å². The number of hydrogen-bond acceptors (Lipinski definition) is 1. The molecule has 0 saturated carbocycles. The Balaban J connectivity index is 2.39. The lowest BCUT2D eigenvalue weighted by atomic mass is 9.85. The van der Waals surface area contributed by atoms with Gasteiger partial charge >= 0.3 is 0 Å². The molecule has 1 aliphatic rings. The number of hydrogen-bond donors (Lipinski definition) is 1. The number of rotatable bonds is 2. The highest BCUT2D eigenvalue weighted by Crippen LogP contribution is 2.25. The molecule has 1 heterocycles. The van der Waals surface area contributed by atoms with E-state index in [0.717, 1.165) is 5.92 Å². The summed E-state index contributed by atoms with van der Waals surface area (Å²) in [6.07, 6.45) is 2.58. The fourth-order valence-electron chi connectivity index (χ4n) is 1.66. The number of allylic oxidation sites excluding steroid dienone is 1. The maximum Gasteiger partial charge on any atom is -0.00432 e. The van der Waals surface area contributed by atoms with Crippen LogP contribution >= 0.6 is 0 Å². The molecule has 0 aromatic rings. The SMILES string of the molecule is C=C(C(C)C)C1CCNCC1. The predicted octanol–water partition coefficient (Wildman–Crippen LogP) is 2.20. The van der Waals surface area contributed by atoms with E-state index in [0.29, 0.717) is 5.92 Å². The van der Waals surface area contributed by atoms with Gasteiger partial charge in [0.1, 0.15) is 0 Å². The largest absolute Gasteiger partial charge is 0.317 e. The quantitative estimate of drug-likeness (QED) is 0.600. The summed E-state index contributed by atoms with van der Waals surface area (Å²) >= 11 is 0. The zero-order valence-corrected chi connectivity index (χ0v) is 7.69. The summed E-state index contributed by atoms with van der Waals surface area (Å²) in [5.74, 6) is 1.45. The molecule has 0 aromatic heterocycles. The highest BCUT2D eigenvalue weighted by atomic mass is 14.9. The van der Waals surface area contributed by atoms with Crippen LogP contribution in [0.5, 0.6) is 0 Å². The predicted molar refractivity (Wildman–Crippen MR) is 49.6 cm³/mol. The monoisotopic (exact) mass is 153 g/mol. The van der Waals surface area contributed by atoms with E-state index >= 15 is 0 Å². The first kappa shape index (κ1) is 8.79. The molecule has 0 unspecified atom stereocenters. The third-order valence-electron chi connectivity index (χ3n) is 2.61. The molecule has 0 aliphatic carbocycles. The Kier molecular flexibility index (Phi) is 3.13. The van der Waals surface area contributed by atoms with Crippen LogP contribution in [0.4, 0.5) is 0 Å². The normalized spacial score (nSPS) is 20.6. The van der Waals surface area contributed by atoms with E-state index in [9.17, 15) is 0 Å². The lowest BCUT2D eigenvalue weighted by Crippen LogP contribution is -2.29. The molecule has 0 atom stereocenters. The molecule has 1 nitrogen and oxygen atoms in total. The van der Waals surface area contributed by atoms with E-state index in [4.69, 9.17) is 0 Å². The highest BCUT2D eigenvalue weighted by molar-refractivity contribution is 5.04. The molecule has 0 radical (unpaired) electrons. The summed E-state index contributed by atoms with van der Waals surface area (Å²) in [5, 5.41) is 3.37. The van der Waals surface area contributed by atoms with Gasteiger partial charge in [-0.05, 0) is 37.8 Å². The topological polar surface area (TPSA) is 12.0 Å². The highest BCUT2D eigenvalue weighted by Gasteiger charge is 2.17. The smallest absolute Gasteiger partial charge is 0.00432 e. The average Bonchev–Trinajstić information content (AvgIpc) is 2.05. The van der Waals surface area contributed by atoms with Crippen LogP contribution in [-0.2, 0) is 0 Å². The molecule has 0 amide bonds. The maximum atomic E-state index is 4.15. The molecule has 1 rings (SSSR count). The Morgan fingerprint density at radius 3 is 2.36 bits per heavy atom. The van der Waals surface area contributed by atoms with Crippen LogP contribution in [0.25, 0.3) is 0 Å². The van der Waals surface area contributed by atoms with Gasteiger partial charge in [-0.3, -0.25) is 0 Å². The third kappa shape index (κ3) is 2.33. The van der Waals surface area contributed by atoms with Crippen molar-refractivity contribution in [1.82, 2.24) is 5.32 Å². The molecule has 1 heteroatoms. The number of piperidine rings is 1. The first-order valence-corrected chi connectivity index (χ1v) is 4.61. The van der Waals surface area contributed by atoms with Crippen molar-refractivity contribution in [3.63, 3.8) is 0 Å². The van der Waals surface area contributed by atoms with E-state index in [-0.39, 0.29) is 0 Å². The van der Waals surface area contributed by atoms with Gasteiger partial charge in [0.25, 0.3) is 0 Å². The molecule has 1 N–H and O–H groups in total. The van der Waals surface area contributed by atoms with Gasteiger partial charge < -0.3 is 5.32 Å². The minimum Gasteiger partial charge on any atom is -0.317 e. The second-order valence-corrected chi connectivity index (χ2v) is 3.75. The summed E-state index contributed by atoms with van der Waals surface area (Å²) < 4.78 is 0. The minimum absolute atomic E-state index is 0.665. The van der Waals surface area contributed by atoms with Gasteiger partial charge in [-0.2, -0.15) is 0 Å². The van der Waals surface area contributed by atoms with Gasteiger partial charge in [0, 0.05) is 0 Å². The van der Waals surface area contributed by atoms with Crippen molar-refractivity contribution in [3.8, 4) is 0 Å². The zero-order chi connectivity index (χ0) is 8.27. The molecular weight excluding hydrogens is 134 g/mol. The van der Waals surface area contributed by atoms with Crippen molar-refractivity contribution in [2.45, 2.75) is 26.7 Å². The summed E-state index contributed by atoms with van der Waals surface area (Å²) in [4.78, 5) is 0. The van der Waals surface area contributed by atoms with Crippen LogP contribution < -0.4 is 5.32 Å². The van der Waals surface area contributed by atoms with E-state index in [1.807, 2.05) is 0 Å². The van der Waals surface area contributed by atoms with Crippen molar-refractivity contribution >= 4 is 0 Å². The van der Waals surface area contributed by atoms with E-state index in [1.165, 1.54) is 31.5 Å². The second kappa shape index (κ2) is 3.91. The van der Waals surface area contributed by atoms with Gasteiger partial charge in [0.15, 0.2) is 0 Å². The van der Waals surface area contributed by atoms with E-state index in [2.05, 4.69) is 25.7 Å². The van der Waals surface area contributed by atoms with Gasteiger partial charge in [0.05, 0.1) is 0 Å². The minimum atomic E-state index is 0.665. The average molecular weight is 153 g/mol. The van der Waals surface area contributed by atoms with Gasteiger partial charge in [0.2, 0.25) is 0 Å². The fourth-order valence-corrected chi connectivity index (χ4v) is 1.66. The zero-order valence-electron chi connectivity index (χ0n) is 7.69. The Bertz CT molecular complexity index is 132. The Labute approximate surface area is 69.9 Å². The number of nitrogens with one attached hydrogen (secondary N) is 1. The summed E-state index contributed by atoms with van der Waals surface area (Å²) in [5.41, 5.74) is 1.45. The van der Waals surface area contributed by atoms with Crippen LogP contribution in [0.15, 0.2) is 12.2 Å². The van der Waals surface area contributed by atoms with Crippen LogP contribution in [0.3, 0.4) is 0 Å². The first-order valence-electron chi connectivity index (χ1n) is 4.61. The second-order valence-electron chi connectivity index (χ2n) is 3.75. The van der Waals surface area contributed by atoms with Gasteiger partial charge in [-0.25, -0.2) is 0 Å². The molecule has 0 aromatic carbocycles. The standard InChI is InChI=1S/C10H19N/c1-8(2)9(3)10-4-6-11-7-5-10/h8,10-11H,3-7H2,1-2H3. The molecule has 1 aliphatic heterocycles. The fraction of sp³-hybridized carbons (Fsp3) is 0.800. The third-order valence-corrected chi connectivity index (χ3v) is 2.61. The lowest BCUT2D eigenvalue weighted by molar-refractivity contribution is 0.398. The van der Waals surface area contributed by atoms with Crippen molar-refractivity contribution in [3.05, 3.63) is 12.2 Å². The Morgan fingerprint density at radius 2 is 1.91 bits per heavy atom. The van der Waals surface area contributed by atoms with Crippen molar-refractivity contribution in [2.75, 3.05) is 13.1 Å². The van der Waals surface area contributed by atoms with Gasteiger partial charge in [-0.15, -0.1) is 0 Å². The summed E-state index contributed by atoms with van der Waals surface area (Å²) in [7, 11) is 0. The molecule has 0 spiro atoms. The molecule has 1 fully saturated rings. The molecule has 0 bridgehead atoms. The van der Waals surface area contributed by atoms with E-state index < -0.39 is 0 Å². The van der Waals surface area contributed by atoms with Crippen LogP contribution in [0.2, 0.25) is 0 Å². The molecule has 11 heavy (non-hydrogen) atoms.